The minimum absolute atomic E-state index is 0.0322. The van der Waals surface area contributed by atoms with Gasteiger partial charge in [0.1, 0.15) is 0 Å². The number of halogens is 4. The Morgan fingerprint density at radius 2 is 2.00 bits per heavy atom. The van der Waals surface area contributed by atoms with Crippen molar-refractivity contribution in [1.29, 1.82) is 0 Å². The van der Waals surface area contributed by atoms with Crippen LogP contribution in [0.3, 0.4) is 0 Å². The summed E-state index contributed by atoms with van der Waals surface area (Å²) in [5.74, 6) is 1.28. The topological polar surface area (TPSA) is 55.7 Å². The van der Waals surface area contributed by atoms with Crippen molar-refractivity contribution in [2.24, 2.45) is 5.10 Å². The molecule has 0 aliphatic carbocycles. The fraction of sp³-hybridized carbons (Fsp3) is 0.200. The Morgan fingerprint density at radius 3 is 2.71 bits per heavy atom. The van der Waals surface area contributed by atoms with Crippen molar-refractivity contribution in [2.75, 3.05) is 12.2 Å². The average Bonchev–Trinajstić information content (AvgIpc) is 3.00. The minimum atomic E-state index is -4.50. The predicted octanol–water partition coefficient (Wildman–Crippen LogP) is 4.32. The van der Waals surface area contributed by atoms with Crippen LogP contribution in [0.4, 0.5) is 19.0 Å². The Balaban J connectivity index is 1.78. The second kappa shape index (κ2) is 6.20. The highest BCUT2D eigenvalue weighted by molar-refractivity contribution is 6.33. The van der Waals surface area contributed by atoms with Crippen molar-refractivity contribution in [3.63, 3.8) is 0 Å². The number of alkyl halides is 3. The van der Waals surface area contributed by atoms with E-state index >= 15 is 0 Å². The molecule has 24 heavy (non-hydrogen) atoms. The van der Waals surface area contributed by atoms with E-state index in [1.807, 2.05) is 0 Å². The number of nitrogens with one attached hydrogen (secondary N) is 1. The molecule has 3 rings (SSSR count). The van der Waals surface area contributed by atoms with Crippen LogP contribution in [-0.2, 0) is 6.18 Å². The molecule has 0 fully saturated rings. The molecule has 1 aliphatic rings. The van der Waals surface area contributed by atoms with E-state index in [-0.39, 0.29) is 17.6 Å². The second-order valence-corrected chi connectivity index (χ2v) is 5.34. The van der Waals surface area contributed by atoms with E-state index < -0.39 is 11.7 Å². The van der Waals surface area contributed by atoms with E-state index in [0.29, 0.717) is 23.4 Å². The van der Waals surface area contributed by atoms with Gasteiger partial charge in [-0.25, -0.2) is 4.98 Å². The lowest BCUT2D eigenvalue weighted by Gasteiger charge is -2.09. The molecule has 0 radical (unpaired) electrons. The van der Waals surface area contributed by atoms with Crippen LogP contribution in [-0.4, -0.2) is 17.5 Å². The monoisotopic (exact) mass is 357 g/mol. The summed E-state index contributed by atoms with van der Waals surface area (Å²) in [5.41, 5.74) is 2.98. The van der Waals surface area contributed by atoms with Crippen LogP contribution in [0.1, 0.15) is 18.1 Å². The van der Waals surface area contributed by atoms with E-state index in [2.05, 4.69) is 15.5 Å². The van der Waals surface area contributed by atoms with Gasteiger partial charge in [-0.15, -0.1) is 0 Å². The number of fused-ring (bicyclic) bond motifs is 1. The summed E-state index contributed by atoms with van der Waals surface area (Å²) in [6.07, 6.45) is -3.81. The van der Waals surface area contributed by atoms with Crippen LogP contribution in [0, 0.1) is 0 Å². The molecular formula is C15H11ClF3N3O2. The molecule has 0 unspecified atom stereocenters. The van der Waals surface area contributed by atoms with Gasteiger partial charge >= 0.3 is 6.18 Å². The van der Waals surface area contributed by atoms with Gasteiger partial charge in [-0.05, 0) is 31.2 Å². The average molecular weight is 358 g/mol. The van der Waals surface area contributed by atoms with Gasteiger partial charge in [0.05, 0.1) is 16.3 Å². The molecule has 0 bridgehead atoms. The van der Waals surface area contributed by atoms with Crippen molar-refractivity contribution in [3.05, 3.63) is 46.6 Å². The largest absolute Gasteiger partial charge is 0.454 e. The molecule has 1 aromatic heterocycles. The van der Waals surface area contributed by atoms with E-state index in [0.717, 1.165) is 11.6 Å². The first-order valence-corrected chi connectivity index (χ1v) is 7.15. The SMILES string of the molecule is CC(=NNc1ncc(C(F)(F)F)cc1Cl)c1ccc2c(c1)OCO2. The van der Waals surface area contributed by atoms with Gasteiger partial charge in [0.15, 0.2) is 17.3 Å². The number of hydrogen-bond acceptors (Lipinski definition) is 5. The second-order valence-electron chi connectivity index (χ2n) is 4.93. The Kier molecular flexibility index (Phi) is 4.23. The third-order valence-corrected chi connectivity index (χ3v) is 3.58. The van der Waals surface area contributed by atoms with Gasteiger partial charge < -0.3 is 9.47 Å². The molecule has 9 heteroatoms. The summed E-state index contributed by atoms with van der Waals surface area (Å²) in [7, 11) is 0. The van der Waals surface area contributed by atoms with Crippen molar-refractivity contribution in [1.82, 2.24) is 4.98 Å². The van der Waals surface area contributed by atoms with Gasteiger partial charge in [0.2, 0.25) is 6.79 Å². The molecule has 0 amide bonds. The lowest BCUT2D eigenvalue weighted by Crippen LogP contribution is -2.07. The van der Waals surface area contributed by atoms with Crippen LogP contribution < -0.4 is 14.9 Å². The molecule has 2 aromatic rings. The lowest BCUT2D eigenvalue weighted by atomic mass is 10.1. The van der Waals surface area contributed by atoms with Gasteiger partial charge in [-0.2, -0.15) is 18.3 Å². The Morgan fingerprint density at radius 1 is 1.25 bits per heavy atom. The Bertz CT molecular complexity index is 809. The van der Waals surface area contributed by atoms with Crippen LogP contribution in [0.2, 0.25) is 5.02 Å². The normalized spacial score (nSPS) is 14.0. The molecule has 5 nitrogen and oxygen atoms in total. The van der Waals surface area contributed by atoms with E-state index in [1.165, 1.54) is 0 Å². The highest BCUT2D eigenvalue weighted by Crippen LogP contribution is 2.33. The van der Waals surface area contributed by atoms with Crippen LogP contribution >= 0.6 is 11.6 Å². The van der Waals surface area contributed by atoms with Crippen molar-refractivity contribution in [2.45, 2.75) is 13.1 Å². The number of rotatable bonds is 3. The first kappa shape index (κ1) is 16.4. The van der Waals surface area contributed by atoms with E-state index in [9.17, 15) is 13.2 Å². The smallest absolute Gasteiger partial charge is 0.417 e. The summed E-state index contributed by atoms with van der Waals surface area (Å²) in [6.45, 7) is 1.89. The van der Waals surface area contributed by atoms with Gasteiger partial charge in [0.25, 0.3) is 0 Å². The van der Waals surface area contributed by atoms with Crippen LogP contribution in [0.25, 0.3) is 0 Å². The molecule has 2 heterocycles. The van der Waals surface area contributed by atoms with Crippen LogP contribution in [0.15, 0.2) is 35.6 Å². The van der Waals surface area contributed by atoms with Gasteiger partial charge in [-0.3, -0.25) is 5.43 Å². The number of pyridine rings is 1. The zero-order chi connectivity index (χ0) is 17.3. The highest BCUT2D eigenvalue weighted by atomic mass is 35.5. The van der Waals surface area contributed by atoms with Crippen molar-refractivity contribution >= 4 is 23.1 Å². The maximum absolute atomic E-state index is 12.6. The molecule has 1 aromatic carbocycles. The van der Waals surface area contributed by atoms with Gasteiger partial charge in [0, 0.05) is 11.8 Å². The van der Waals surface area contributed by atoms with Crippen molar-refractivity contribution in [3.8, 4) is 11.5 Å². The number of anilines is 1. The van der Waals surface area contributed by atoms with E-state index in [1.54, 1.807) is 25.1 Å². The quantitative estimate of drug-likeness (QED) is 0.656. The summed E-state index contributed by atoms with van der Waals surface area (Å²) in [5, 5.41) is 3.91. The molecule has 0 atom stereocenters. The predicted molar refractivity (Wildman–Crippen MR) is 82.6 cm³/mol. The third-order valence-electron chi connectivity index (χ3n) is 3.29. The Labute approximate surface area is 140 Å². The van der Waals surface area contributed by atoms with Gasteiger partial charge in [-0.1, -0.05) is 11.6 Å². The molecule has 0 spiro atoms. The first-order chi connectivity index (χ1) is 11.3. The highest BCUT2D eigenvalue weighted by Gasteiger charge is 2.31. The first-order valence-electron chi connectivity index (χ1n) is 6.77. The number of hydrogen-bond donors (Lipinski definition) is 1. The fourth-order valence-electron chi connectivity index (χ4n) is 2.00. The minimum Gasteiger partial charge on any atom is -0.454 e. The van der Waals surface area contributed by atoms with E-state index in [4.69, 9.17) is 21.1 Å². The number of aromatic nitrogens is 1. The Hall–Kier alpha value is -2.48. The molecular weight excluding hydrogens is 347 g/mol. The number of ether oxygens (including phenoxy) is 2. The summed E-state index contributed by atoms with van der Waals surface area (Å²) in [6, 6.07) is 6.09. The maximum atomic E-state index is 12.6. The molecule has 1 N–H and O–H groups in total. The third kappa shape index (κ3) is 3.38. The fourth-order valence-corrected chi connectivity index (χ4v) is 2.21. The molecule has 0 saturated heterocycles. The molecule has 126 valence electrons. The standard InChI is InChI=1S/C15H11ClF3N3O2/c1-8(9-2-3-12-13(4-9)24-7-23-12)21-22-14-11(16)5-10(6-20-14)15(17,18)19/h2-6H,7H2,1H3,(H,20,22). The zero-order valence-electron chi connectivity index (χ0n) is 12.3. The molecule has 1 aliphatic heterocycles. The van der Waals surface area contributed by atoms with Crippen LogP contribution in [0.5, 0.6) is 11.5 Å². The number of benzene rings is 1. The number of nitrogens with zero attached hydrogens (tertiary/aromatic N) is 2. The molecule has 0 saturated carbocycles. The summed E-state index contributed by atoms with van der Waals surface area (Å²) < 4.78 is 48.2. The lowest BCUT2D eigenvalue weighted by molar-refractivity contribution is -0.137. The summed E-state index contributed by atoms with van der Waals surface area (Å²) in [4.78, 5) is 3.65. The summed E-state index contributed by atoms with van der Waals surface area (Å²) >= 11 is 5.81. The zero-order valence-corrected chi connectivity index (χ0v) is 13.1. The maximum Gasteiger partial charge on any atom is 0.417 e. The van der Waals surface area contributed by atoms with Crippen molar-refractivity contribution < 1.29 is 22.6 Å². The number of hydrazone groups is 1.